The van der Waals surface area contributed by atoms with Crippen molar-refractivity contribution in [2.24, 2.45) is 0 Å². The van der Waals surface area contributed by atoms with Gasteiger partial charge in [0.2, 0.25) is 0 Å². The first-order valence-electron chi connectivity index (χ1n) is 8.11. The van der Waals surface area contributed by atoms with E-state index >= 15 is 0 Å². The molecule has 150 valence electrons. The van der Waals surface area contributed by atoms with Crippen molar-refractivity contribution < 1.29 is 27.9 Å². The molecule has 0 aliphatic carbocycles. The standard InChI is InChI=1S/C20H13ClF4N2O2/c21-16-9-11(22)5-6-13(16)18-12(2-1-3-14(18)19(26)27-29)10-4-7-17(28)15(8-10)20(23,24)25/h1-9,28-29H,(H2,26,27). The van der Waals surface area contributed by atoms with Crippen molar-refractivity contribution in [3.8, 4) is 28.0 Å². The van der Waals surface area contributed by atoms with Gasteiger partial charge in [-0.15, -0.1) is 0 Å². The third-order valence-corrected chi connectivity index (χ3v) is 4.57. The first-order chi connectivity index (χ1) is 13.6. The fourth-order valence-electron chi connectivity index (χ4n) is 2.97. The zero-order chi connectivity index (χ0) is 21.3. The minimum atomic E-state index is -4.79. The van der Waals surface area contributed by atoms with Gasteiger partial charge in [-0.3, -0.25) is 16.1 Å². The number of hydrogen-bond donors (Lipinski definition) is 4. The molecule has 0 aromatic heterocycles. The number of phenolic OH excluding ortho intramolecular Hbond substituents is 1. The Bertz CT molecular complexity index is 1100. The second kappa shape index (κ2) is 7.73. The fourth-order valence-corrected chi connectivity index (χ4v) is 3.24. The Hall–Kier alpha value is -3.10. The molecule has 4 nitrogen and oxygen atoms in total. The number of amidine groups is 1. The molecule has 3 aromatic rings. The third-order valence-electron chi connectivity index (χ3n) is 4.26. The van der Waals surface area contributed by atoms with Crippen molar-refractivity contribution in [3.63, 3.8) is 0 Å². The Kier molecular flexibility index (Phi) is 5.50. The highest BCUT2D eigenvalue weighted by molar-refractivity contribution is 6.34. The molecular formula is C20H13ClF4N2O2. The molecular weight excluding hydrogens is 412 g/mol. The molecule has 0 aliphatic rings. The van der Waals surface area contributed by atoms with Gasteiger partial charge in [0.05, 0.1) is 10.6 Å². The van der Waals surface area contributed by atoms with Crippen molar-refractivity contribution in [1.82, 2.24) is 5.48 Å². The first kappa shape index (κ1) is 20.6. The van der Waals surface area contributed by atoms with Gasteiger partial charge in [-0.25, -0.2) is 4.39 Å². The number of phenols is 1. The summed E-state index contributed by atoms with van der Waals surface area (Å²) in [5.74, 6) is -1.97. The molecule has 0 aliphatic heterocycles. The summed E-state index contributed by atoms with van der Waals surface area (Å²) in [6.07, 6.45) is -4.79. The van der Waals surface area contributed by atoms with E-state index in [1.165, 1.54) is 30.3 Å². The monoisotopic (exact) mass is 424 g/mol. The quantitative estimate of drug-likeness (QED) is 0.184. The van der Waals surface area contributed by atoms with Crippen molar-refractivity contribution in [2.75, 3.05) is 0 Å². The lowest BCUT2D eigenvalue weighted by Crippen LogP contribution is -2.19. The van der Waals surface area contributed by atoms with E-state index in [9.17, 15) is 27.9 Å². The van der Waals surface area contributed by atoms with Crippen LogP contribution >= 0.6 is 11.6 Å². The second-order valence-electron chi connectivity index (χ2n) is 6.07. The van der Waals surface area contributed by atoms with Crippen LogP contribution in [0.2, 0.25) is 5.02 Å². The maximum Gasteiger partial charge on any atom is 0.419 e. The largest absolute Gasteiger partial charge is 0.507 e. The highest BCUT2D eigenvalue weighted by Gasteiger charge is 2.34. The highest BCUT2D eigenvalue weighted by atomic mass is 35.5. The van der Waals surface area contributed by atoms with Gasteiger partial charge in [-0.1, -0.05) is 35.9 Å². The summed E-state index contributed by atoms with van der Waals surface area (Å²) in [6, 6.07) is 10.9. The van der Waals surface area contributed by atoms with Crippen LogP contribution < -0.4 is 5.48 Å². The number of hydrogen-bond acceptors (Lipinski definition) is 3. The van der Waals surface area contributed by atoms with E-state index in [4.69, 9.17) is 17.0 Å². The van der Waals surface area contributed by atoms with E-state index in [1.807, 2.05) is 0 Å². The molecule has 0 bridgehead atoms. The molecule has 0 unspecified atom stereocenters. The Balaban J connectivity index is 2.35. The average molecular weight is 425 g/mol. The van der Waals surface area contributed by atoms with Crippen LogP contribution in [0.15, 0.2) is 54.6 Å². The van der Waals surface area contributed by atoms with Gasteiger partial charge in [-0.05, 0) is 41.5 Å². The zero-order valence-corrected chi connectivity index (χ0v) is 15.2. The second-order valence-corrected chi connectivity index (χ2v) is 6.48. The zero-order valence-electron chi connectivity index (χ0n) is 14.5. The van der Waals surface area contributed by atoms with Crippen molar-refractivity contribution in [1.29, 1.82) is 5.41 Å². The molecule has 0 heterocycles. The molecule has 0 fully saturated rings. The predicted octanol–water partition coefficient (Wildman–Crippen LogP) is 5.84. The van der Waals surface area contributed by atoms with E-state index in [-0.39, 0.29) is 32.8 Å². The molecule has 0 spiro atoms. The lowest BCUT2D eigenvalue weighted by Gasteiger charge is -2.18. The van der Waals surface area contributed by atoms with Gasteiger partial charge in [0.15, 0.2) is 0 Å². The SMILES string of the molecule is N=C(NO)c1cccc(-c2ccc(O)c(C(F)(F)F)c2)c1-c1ccc(F)cc1Cl. The average Bonchev–Trinajstić information content (AvgIpc) is 2.66. The Morgan fingerprint density at radius 1 is 1.00 bits per heavy atom. The Labute approximate surface area is 167 Å². The van der Waals surface area contributed by atoms with Crippen LogP contribution in [0.5, 0.6) is 5.75 Å². The van der Waals surface area contributed by atoms with E-state index in [0.717, 1.165) is 24.3 Å². The molecule has 0 amide bonds. The number of alkyl halides is 3. The summed E-state index contributed by atoms with van der Waals surface area (Å²) in [4.78, 5) is 0. The van der Waals surface area contributed by atoms with Crippen LogP contribution in [0.1, 0.15) is 11.1 Å². The summed E-state index contributed by atoms with van der Waals surface area (Å²) in [6.45, 7) is 0. The van der Waals surface area contributed by atoms with E-state index in [1.54, 1.807) is 5.48 Å². The normalized spacial score (nSPS) is 11.4. The fraction of sp³-hybridized carbons (Fsp3) is 0.0500. The molecule has 0 saturated carbocycles. The van der Waals surface area contributed by atoms with Crippen LogP contribution in [-0.2, 0) is 6.18 Å². The lowest BCUT2D eigenvalue weighted by atomic mass is 9.89. The number of rotatable bonds is 3. The molecule has 29 heavy (non-hydrogen) atoms. The number of hydroxylamine groups is 1. The van der Waals surface area contributed by atoms with E-state index in [2.05, 4.69) is 0 Å². The number of halogens is 5. The van der Waals surface area contributed by atoms with Crippen molar-refractivity contribution in [2.45, 2.75) is 6.18 Å². The lowest BCUT2D eigenvalue weighted by molar-refractivity contribution is -0.138. The molecule has 3 rings (SSSR count). The Morgan fingerprint density at radius 2 is 1.72 bits per heavy atom. The highest BCUT2D eigenvalue weighted by Crippen LogP contribution is 2.42. The van der Waals surface area contributed by atoms with Crippen LogP contribution in [0.4, 0.5) is 17.6 Å². The van der Waals surface area contributed by atoms with Gasteiger partial charge in [-0.2, -0.15) is 13.2 Å². The van der Waals surface area contributed by atoms with Gasteiger partial charge in [0.25, 0.3) is 0 Å². The predicted molar refractivity (Wildman–Crippen MR) is 101 cm³/mol. The van der Waals surface area contributed by atoms with Crippen molar-refractivity contribution in [3.05, 3.63) is 76.6 Å². The smallest absolute Gasteiger partial charge is 0.419 e. The molecule has 4 N–H and O–H groups in total. The summed E-state index contributed by atoms with van der Waals surface area (Å²) >= 11 is 6.16. The number of aromatic hydroxyl groups is 1. The van der Waals surface area contributed by atoms with Crippen LogP contribution in [0.3, 0.4) is 0 Å². The maximum atomic E-state index is 13.5. The van der Waals surface area contributed by atoms with Crippen LogP contribution in [-0.4, -0.2) is 16.1 Å². The molecule has 9 heteroatoms. The van der Waals surface area contributed by atoms with E-state index < -0.39 is 29.1 Å². The minimum absolute atomic E-state index is 0.0285. The van der Waals surface area contributed by atoms with Gasteiger partial charge >= 0.3 is 6.18 Å². The van der Waals surface area contributed by atoms with Crippen molar-refractivity contribution >= 4 is 17.4 Å². The molecule has 0 radical (unpaired) electrons. The maximum absolute atomic E-state index is 13.5. The summed E-state index contributed by atoms with van der Waals surface area (Å²) in [7, 11) is 0. The van der Waals surface area contributed by atoms with Gasteiger partial charge < -0.3 is 5.11 Å². The van der Waals surface area contributed by atoms with Crippen LogP contribution in [0, 0.1) is 11.2 Å². The third kappa shape index (κ3) is 4.03. The summed E-state index contributed by atoms with van der Waals surface area (Å²) in [5, 5.41) is 26.7. The molecule has 3 aromatic carbocycles. The topological polar surface area (TPSA) is 76.3 Å². The number of nitrogens with one attached hydrogen (secondary N) is 2. The summed E-state index contributed by atoms with van der Waals surface area (Å²) in [5.41, 5.74) is 1.37. The minimum Gasteiger partial charge on any atom is -0.507 e. The van der Waals surface area contributed by atoms with Crippen LogP contribution in [0.25, 0.3) is 22.3 Å². The molecule has 0 atom stereocenters. The summed E-state index contributed by atoms with van der Waals surface area (Å²) < 4.78 is 53.2. The first-order valence-corrected chi connectivity index (χ1v) is 8.49. The molecule has 0 saturated heterocycles. The number of benzene rings is 3. The Morgan fingerprint density at radius 3 is 2.34 bits per heavy atom. The van der Waals surface area contributed by atoms with Gasteiger partial charge in [0, 0.05) is 16.7 Å². The van der Waals surface area contributed by atoms with E-state index in [0.29, 0.717) is 0 Å². The van der Waals surface area contributed by atoms with Gasteiger partial charge in [0.1, 0.15) is 17.4 Å².